The van der Waals surface area contributed by atoms with Gasteiger partial charge in [0.1, 0.15) is 0 Å². The molecule has 1 atom stereocenters. The van der Waals surface area contributed by atoms with Gasteiger partial charge in [0.05, 0.1) is 6.10 Å². The number of rotatable bonds is 5. The van der Waals surface area contributed by atoms with E-state index in [1.54, 1.807) is 5.06 Å². The fraction of sp³-hybridized carbons (Fsp3) is 0.682. The topological polar surface area (TPSA) is 60.1 Å². The van der Waals surface area contributed by atoms with E-state index in [9.17, 15) is 0 Å². The number of aryl methyl sites for hydroxylation is 1. The van der Waals surface area contributed by atoms with E-state index in [0.29, 0.717) is 12.1 Å². The van der Waals surface area contributed by atoms with E-state index >= 15 is 0 Å². The van der Waals surface area contributed by atoms with E-state index < -0.39 is 5.72 Å². The van der Waals surface area contributed by atoms with Crippen molar-refractivity contribution in [1.29, 1.82) is 0 Å². The molecule has 1 unspecified atom stereocenters. The first-order valence-corrected chi connectivity index (χ1v) is 10.5. The normalized spacial score (nSPS) is 32.3. The van der Waals surface area contributed by atoms with E-state index in [4.69, 9.17) is 20.3 Å². The first kappa shape index (κ1) is 18.8. The second-order valence-electron chi connectivity index (χ2n) is 8.54. The van der Waals surface area contributed by atoms with Crippen LogP contribution in [0.15, 0.2) is 23.2 Å². The summed E-state index contributed by atoms with van der Waals surface area (Å²) in [5.74, 6) is 0.479. The number of unbranched alkanes of at least 4 members (excludes halogenated alkanes) is 2. The minimum atomic E-state index is -0.666. The molecule has 1 aromatic carbocycles. The highest BCUT2D eigenvalue weighted by Crippen LogP contribution is 2.61. The van der Waals surface area contributed by atoms with Gasteiger partial charge in [-0.25, -0.2) is 14.9 Å². The molecule has 1 saturated carbocycles. The van der Waals surface area contributed by atoms with Crippen LogP contribution in [0.1, 0.15) is 68.6 Å². The summed E-state index contributed by atoms with van der Waals surface area (Å²) in [5, 5.41) is 1.66. The van der Waals surface area contributed by atoms with Gasteiger partial charge < -0.3 is 10.5 Å². The molecule has 0 bridgehead atoms. The molecule has 3 aliphatic rings. The fourth-order valence-corrected chi connectivity index (χ4v) is 5.32. The van der Waals surface area contributed by atoms with Crippen molar-refractivity contribution in [3.8, 4) is 0 Å². The van der Waals surface area contributed by atoms with Gasteiger partial charge in [0, 0.05) is 25.1 Å². The molecule has 148 valence electrons. The molecule has 1 aromatic rings. The Kier molecular flexibility index (Phi) is 4.93. The van der Waals surface area contributed by atoms with Gasteiger partial charge in [-0.15, -0.1) is 0 Å². The van der Waals surface area contributed by atoms with Crippen LogP contribution in [0, 0.1) is 5.41 Å². The number of nitrogens with two attached hydrogens (primary N) is 1. The third kappa shape index (κ3) is 2.95. The van der Waals surface area contributed by atoms with Crippen LogP contribution in [-0.4, -0.2) is 31.3 Å². The summed E-state index contributed by atoms with van der Waals surface area (Å²) in [5.41, 5.74) is 9.50. The third-order valence-electron chi connectivity index (χ3n) is 6.94. The Balaban J connectivity index is 1.71. The van der Waals surface area contributed by atoms with Gasteiger partial charge in [0.2, 0.25) is 11.7 Å². The molecule has 4 rings (SSSR count). The molecule has 1 fully saturated rings. The summed E-state index contributed by atoms with van der Waals surface area (Å²) in [6, 6.07) is 6.95. The second-order valence-corrected chi connectivity index (χ2v) is 8.54. The van der Waals surface area contributed by atoms with E-state index in [0.717, 1.165) is 38.5 Å². The zero-order valence-electron chi connectivity index (χ0n) is 17.0. The highest BCUT2D eigenvalue weighted by molar-refractivity contribution is 5.79. The number of guanidine groups is 1. The first-order chi connectivity index (χ1) is 13.0. The van der Waals surface area contributed by atoms with Crippen molar-refractivity contribution >= 4 is 5.96 Å². The van der Waals surface area contributed by atoms with Crippen molar-refractivity contribution in [2.45, 2.75) is 76.5 Å². The van der Waals surface area contributed by atoms with Gasteiger partial charge in [-0.3, -0.25) is 0 Å². The molecule has 0 amide bonds. The number of methoxy groups -OCH3 is 1. The van der Waals surface area contributed by atoms with E-state index in [1.807, 2.05) is 14.2 Å². The summed E-state index contributed by atoms with van der Waals surface area (Å²) in [6.45, 7) is 2.25. The van der Waals surface area contributed by atoms with Crippen LogP contribution >= 0.6 is 0 Å². The molecular formula is C22H33N3O2. The van der Waals surface area contributed by atoms with Gasteiger partial charge in [-0.1, -0.05) is 38.0 Å². The Morgan fingerprint density at radius 2 is 2.07 bits per heavy atom. The van der Waals surface area contributed by atoms with Crippen LogP contribution in [0.2, 0.25) is 0 Å². The molecular weight excluding hydrogens is 338 g/mol. The minimum Gasteiger partial charge on any atom is -0.381 e. The monoisotopic (exact) mass is 371 g/mol. The summed E-state index contributed by atoms with van der Waals surface area (Å²) < 4.78 is 5.63. The molecule has 2 aliphatic carbocycles. The highest BCUT2D eigenvalue weighted by atomic mass is 16.7. The molecule has 2 N–H and O–H groups in total. The van der Waals surface area contributed by atoms with Crippen molar-refractivity contribution < 1.29 is 9.57 Å². The fourth-order valence-electron chi connectivity index (χ4n) is 5.32. The lowest BCUT2D eigenvalue weighted by molar-refractivity contribution is -0.232. The molecule has 1 heterocycles. The molecule has 27 heavy (non-hydrogen) atoms. The average molecular weight is 372 g/mol. The second kappa shape index (κ2) is 7.10. The lowest BCUT2D eigenvalue weighted by Gasteiger charge is -2.45. The predicted octanol–water partition coefficient (Wildman–Crippen LogP) is 3.90. The summed E-state index contributed by atoms with van der Waals surface area (Å²) >= 11 is 0. The maximum atomic E-state index is 6.46. The number of hydrogen-bond acceptors (Lipinski definition) is 5. The quantitative estimate of drug-likeness (QED) is 0.798. The largest absolute Gasteiger partial charge is 0.381 e. The number of fused-ring (bicyclic) bond motifs is 3. The summed E-state index contributed by atoms with van der Waals surface area (Å²) in [7, 11) is 3.69. The number of hydroxylamine groups is 2. The Bertz CT molecular complexity index is 724. The van der Waals surface area contributed by atoms with Crippen LogP contribution < -0.4 is 5.73 Å². The van der Waals surface area contributed by atoms with Gasteiger partial charge in [-0.05, 0) is 56.1 Å². The zero-order chi connectivity index (χ0) is 19.1. The SMILES string of the molecule is CCCCCc1ccc2c(c1)C1(N=C(N)N(C)O1)C1(CCC(OC)CC1)C2. The average Bonchev–Trinajstić information content (AvgIpc) is 3.11. The molecule has 0 saturated heterocycles. The van der Waals surface area contributed by atoms with E-state index in [-0.39, 0.29) is 5.41 Å². The van der Waals surface area contributed by atoms with Crippen molar-refractivity contribution in [2.24, 2.45) is 16.1 Å². The smallest absolute Gasteiger partial charge is 0.220 e. The number of benzene rings is 1. The maximum Gasteiger partial charge on any atom is 0.220 e. The Morgan fingerprint density at radius 1 is 1.30 bits per heavy atom. The Hall–Kier alpha value is -1.59. The Morgan fingerprint density at radius 3 is 2.70 bits per heavy atom. The molecule has 5 heteroatoms. The molecule has 0 radical (unpaired) electrons. The maximum absolute atomic E-state index is 6.46. The minimum absolute atomic E-state index is 0.0260. The lowest BCUT2D eigenvalue weighted by atomic mass is 9.66. The molecule has 2 spiro atoms. The van der Waals surface area contributed by atoms with Gasteiger partial charge in [-0.2, -0.15) is 0 Å². The van der Waals surface area contributed by atoms with E-state index in [1.165, 1.54) is 36.0 Å². The zero-order valence-corrected chi connectivity index (χ0v) is 17.0. The lowest BCUT2D eigenvalue weighted by Crippen LogP contribution is -2.46. The van der Waals surface area contributed by atoms with Crippen molar-refractivity contribution in [3.63, 3.8) is 0 Å². The van der Waals surface area contributed by atoms with Gasteiger partial charge >= 0.3 is 0 Å². The number of aliphatic imine (C=N–C) groups is 1. The summed E-state index contributed by atoms with van der Waals surface area (Å²) in [4.78, 5) is 11.4. The number of nitrogens with zero attached hydrogens (tertiary/aromatic N) is 2. The van der Waals surface area contributed by atoms with Crippen molar-refractivity contribution in [1.82, 2.24) is 5.06 Å². The third-order valence-corrected chi connectivity index (χ3v) is 6.94. The van der Waals surface area contributed by atoms with Crippen LogP contribution in [0.3, 0.4) is 0 Å². The summed E-state index contributed by atoms with van der Waals surface area (Å²) in [6.07, 6.45) is 10.4. The molecule has 1 aliphatic heterocycles. The van der Waals surface area contributed by atoms with Crippen LogP contribution in [-0.2, 0) is 28.1 Å². The van der Waals surface area contributed by atoms with E-state index in [2.05, 4.69) is 25.1 Å². The van der Waals surface area contributed by atoms with Gasteiger partial charge in [0.15, 0.2) is 0 Å². The Labute approximate surface area is 162 Å². The molecule has 5 nitrogen and oxygen atoms in total. The van der Waals surface area contributed by atoms with Crippen LogP contribution in [0.5, 0.6) is 0 Å². The van der Waals surface area contributed by atoms with Crippen molar-refractivity contribution in [3.05, 3.63) is 34.9 Å². The number of hydrogen-bond donors (Lipinski definition) is 1. The van der Waals surface area contributed by atoms with Crippen molar-refractivity contribution in [2.75, 3.05) is 14.2 Å². The van der Waals surface area contributed by atoms with Gasteiger partial charge in [0.25, 0.3) is 0 Å². The molecule has 0 aromatic heterocycles. The standard InChI is InChI=1S/C22H33N3O2/c1-4-5-6-7-16-8-9-17-15-21(12-10-18(26-3)11-13-21)22(19(17)14-16)24-20(23)25(2)27-22/h8-9,14,18H,4-7,10-13,15H2,1-3H3,(H2,23,24). The van der Waals surface area contributed by atoms with Crippen LogP contribution in [0.25, 0.3) is 0 Å². The predicted molar refractivity (Wildman–Crippen MR) is 107 cm³/mol. The number of ether oxygens (including phenoxy) is 1. The van der Waals surface area contributed by atoms with Crippen LogP contribution in [0.4, 0.5) is 0 Å². The first-order valence-electron chi connectivity index (χ1n) is 10.5. The highest BCUT2D eigenvalue weighted by Gasteiger charge is 2.63.